The van der Waals surface area contributed by atoms with Gasteiger partial charge < -0.3 is 10.2 Å². The number of aryl methyl sites for hydroxylation is 2. The van der Waals surface area contributed by atoms with Crippen molar-refractivity contribution in [3.05, 3.63) is 59.2 Å². The van der Waals surface area contributed by atoms with Crippen molar-refractivity contribution in [2.45, 2.75) is 47.1 Å². The number of benzene rings is 2. The second kappa shape index (κ2) is 10.6. The first kappa shape index (κ1) is 25.4. The Labute approximate surface area is 191 Å². The Kier molecular flexibility index (Phi) is 8.44. The van der Waals surface area contributed by atoms with Gasteiger partial charge in [0, 0.05) is 13.1 Å². The number of sulfonamides is 1. The smallest absolute Gasteiger partial charge is 0.255 e. The number of carbonyl (C=O) groups excluding carboxylic acids is 2. The van der Waals surface area contributed by atoms with Crippen molar-refractivity contribution < 1.29 is 18.0 Å². The molecule has 0 aliphatic heterocycles. The second-order valence-corrected chi connectivity index (χ2v) is 9.62. The van der Waals surface area contributed by atoms with Crippen molar-refractivity contribution >= 4 is 33.2 Å². The Morgan fingerprint density at radius 3 is 2.12 bits per heavy atom. The van der Waals surface area contributed by atoms with E-state index in [-0.39, 0.29) is 12.3 Å². The summed E-state index contributed by atoms with van der Waals surface area (Å²) in [5.41, 5.74) is 3.13. The average molecular weight is 460 g/mol. The first-order chi connectivity index (χ1) is 15.0. The molecule has 2 aromatic carbocycles. The van der Waals surface area contributed by atoms with Crippen LogP contribution in [0.1, 0.15) is 48.7 Å². The molecule has 0 saturated heterocycles. The van der Waals surface area contributed by atoms with E-state index in [0.29, 0.717) is 30.0 Å². The Hall–Kier alpha value is -2.87. The maximum absolute atomic E-state index is 13.3. The minimum atomic E-state index is -3.75. The predicted molar refractivity (Wildman–Crippen MR) is 130 cm³/mol. The van der Waals surface area contributed by atoms with Gasteiger partial charge in [-0.3, -0.25) is 13.9 Å². The fourth-order valence-corrected chi connectivity index (χ4v) is 4.80. The maximum Gasteiger partial charge on any atom is 0.255 e. The first-order valence-corrected chi connectivity index (χ1v) is 12.7. The fourth-order valence-electron chi connectivity index (χ4n) is 3.60. The Morgan fingerprint density at radius 2 is 1.59 bits per heavy atom. The lowest BCUT2D eigenvalue weighted by atomic mass is 10.1. The summed E-state index contributed by atoms with van der Waals surface area (Å²) >= 11 is 0. The molecule has 8 heteroatoms. The van der Waals surface area contributed by atoms with E-state index in [1.807, 2.05) is 33.8 Å². The van der Waals surface area contributed by atoms with E-state index < -0.39 is 22.0 Å². The number of hydrogen-bond acceptors (Lipinski definition) is 4. The summed E-state index contributed by atoms with van der Waals surface area (Å²) in [6, 6.07) is 11.1. The van der Waals surface area contributed by atoms with Gasteiger partial charge >= 0.3 is 0 Å². The molecule has 7 nitrogen and oxygen atoms in total. The molecule has 0 aliphatic rings. The SMILES string of the molecule is CC[C@@H](C(=O)Nc1ccccc1C(=O)N(CC)CC)N(c1ccc(C)c(C)c1)S(C)(=O)=O. The Morgan fingerprint density at radius 1 is 0.969 bits per heavy atom. The summed E-state index contributed by atoms with van der Waals surface area (Å²) in [6.07, 6.45) is 1.36. The third-order valence-corrected chi connectivity index (χ3v) is 6.72. The molecule has 1 N–H and O–H groups in total. The highest BCUT2D eigenvalue weighted by Gasteiger charge is 2.32. The number of hydrogen-bond donors (Lipinski definition) is 1. The standard InChI is InChI=1S/C24H33N3O4S/c1-7-22(27(32(6,30)31)19-15-14-17(4)18(5)16-19)23(28)25-21-13-11-10-12-20(21)24(29)26(8-2)9-3/h10-16,22H,7-9H2,1-6H3,(H,25,28)/t22-/m0/s1. The van der Waals surface area contributed by atoms with Gasteiger partial charge in [0.05, 0.1) is 23.2 Å². The van der Waals surface area contributed by atoms with E-state index in [2.05, 4.69) is 5.32 Å². The van der Waals surface area contributed by atoms with Crippen LogP contribution in [0.25, 0.3) is 0 Å². The monoisotopic (exact) mass is 459 g/mol. The molecular formula is C24H33N3O4S. The van der Waals surface area contributed by atoms with Crippen LogP contribution in [0, 0.1) is 13.8 Å². The van der Waals surface area contributed by atoms with Crippen LogP contribution in [0.15, 0.2) is 42.5 Å². The molecule has 0 aromatic heterocycles. The normalized spacial score (nSPS) is 12.2. The van der Waals surface area contributed by atoms with E-state index in [1.54, 1.807) is 48.2 Å². The van der Waals surface area contributed by atoms with Crippen LogP contribution in [0.3, 0.4) is 0 Å². The minimum Gasteiger partial charge on any atom is -0.339 e. The van der Waals surface area contributed by atoms with Crippen molar-refractivity contribution in [2.75, 3.05) is 29.0 Å². The molecule has 0 spiro atoms. The molecule has 2 aromatic rings. The van der Waals surface area contributed by atoms with Gasteiger partial charge in [-0.1, -0.05) is 25.1 Å². The minimum absolute atomic E-state index is 0.187. The largest absolute Gasteiger partial charge is 0.339 e. The lowest BCUT2D eigenvalue weighted by molar-refractivity contribution is -0.117. The molecule has 2 amide bonds. The number of amides is 2. The number of para-hydroxylation sites is 1. The van der Waals surface area contributed by atoms with Gasteiger partial charge in [0.15, 0.2) is 0 Å². The van der Waals surface area contributed by atoms with E-state index >= 15 is 0 Å². The van der Waals surface area contributed by atoms with Crippen LogP contribution in [-0.4, -0.2) is 50.5 Å². The molecule has 0 unspecified atom stereocenters. The van der Waals surface area contributed by atoms with E-state index in [1.165, 1.54) is 0 Å². The molecule has 0 heterocycles. The van der Waals surface area contributed by atoms with Gasteiger partial charge in [0.25, 0.3) is 5.91 Å². The van der Waals surface area contributed by atoms with Gasteiger partial charge in [-0.15, -0.1) is 0 Å². The number of nitrogens with zero attached hydrogens (tertiary/aromatic N) is 2. The van der Waals surface area contributed by atoms with Crippen LogP contribution < -0.4 is 9.62 Å². The molecule has 0 bridgehead atoms. The summed E-state index contributed by atoms with van der Waals surface area (Å²) in [5, 5.41) is 2.80. The molecule has 174 valence electrons. The van der Waals surface area contributed by atoms with Crippen LogP contribution in [0.5, 0.6) is 0 Å². The molecule has 0 saturated carbocycles. The highest BCUT2D eigenvalue weighted by atomic mass is 32.2. The Balaban J connectivity index is 2.44. The molecular weight excluding hydrogens is 426 g/mol. The number of carbonyl (C=O) groups is 2. The maximum atomic E-state index is 13.3. The van der Waals surface area contributed by atoms with Crippen molar-refractivity contribution in [1.29, 1.82) is 0 Å². The lowest BCUT2D eigenvalue weighted by Gasteiger charge is -2.31. The molecule has 1 atom stereocenters. The van der Waals surface area contributed by atoms with E-state index in [9.17, 15) is 18.0 Å². The molecule has 0 fully saturated rings. The van der Waals surface area contributed by atoms with Crippen molar-refractivity contribution in [3.63, 3.8) is 0 Å². The van der Waals surface area contributed by atoms with Crippen LogP contribution in [-0.2, 0) is 14.8 Å². The zero-order chi connectivity index (χ0) is 24.1. The average Bonchev–Trinajstić information content (AvgIpc) is 2.74. The molecule has 0 aliphatic carbocycles. The van der Waals surface area contributed by atoms with Gasteiger partial charge in [-0.05, 0) is 69.5 Å². The summed E-state index contributed by atoms with van der Waals surface area (Å²) in [4.78, 5) is 27.9. The lowest BCUT2D eigenvalue weighted by Crippen LogP contribution is -2.47. The summed E-state index contributed by atoms with van der Waals surface area (Å²) in [6.45, 7) is 10.5. The predicted octanol–water partition coefficient (Wildman–Crippen LogP) is 3.97. The van der Waals surface area contributed by atoms with Crippen LogP contribution in [0.2, 0.25) is 0 Å². The highest BCUT2D eigenvalue weighted by molar-refractivity contribution is 7.92. The highest BCUT2D eigenvalue weighted by Crippen LogP contribution is 2.26. The second-order valence-electron chi connectivity index (χ2n) is 7.76. The number of anilines is 2. The van der Waals surface area contributed by atoms with E-state index in [4.69, 9.17) is 0 Å². The summed E-state index contributed by atoms with van der Waals surface area (Å²) < 4.78 is 26.6. The van der Waals surface area contributed by atoms with Crippen molar-refractivity contribution in [1.82, 2.24) is 4.90 Å². The number of nitrogens with one attached hydrogen (secondary N) is 1. The molecule has 32 heavy (non-hydrogen) atoms. The van der Waals surface area contributed by atoms with Crippen LogP contribution in [0.4, 0.5) is 11.4 Å². The quantitative estimate of drug-likeness (QED) is 0.615. The summed E-state index contributed by atoms with van der Waals surface area (Å²) in [5.74, 6) is -0.677. The zero-order valence-electron chi connectivity index (χ0n) is 19.7. The topological polar surface area (TPSA) is 86.8 Å². The van der Waals surface area contributed by atoms with Gasteiger partial charge in [0.1, 0.15) is 6.04 Å². The van der Waals surface area contributed by atoms with Gasteiger partial charge in [0.2, 0.25) is 15.9 Å². The van der Waals surface area contributed by atoms with Crippen LogP contribution >= 0.6 is 0 Å². The zero-order valence-corrected chi connectivity index (χ0v) is 20.5. The third kappa shape index (κ3) is 5.68. The fraction of sp³-hybridized carbons (Fsp3) is 0.417. The Bertz CT molecular complexity index is 1080. The summed E-state index contributed by atoms with van der Waals surface area (Å²) in [7, 11) is -3.75. The van der Waals surface area contributed by atoms with E-state index in [0.717, 1.165) is 21.7 Å². The van der Waals surface area contributed by atoms with Crippen molar-refractivity contribution in [3.8, 4) is 0 Å². The first-order valence-electron chi connectivity index (χ1n) is 10.8. The number of rotatable bonds is 9. The van der Waals surface area contributed by atoms with Crippen molar-refractivity contribution in [2.24, 2.45) is 0 Å². The molecule has 2 rings (SSSR count). The van der Waals surface area contributed by atoms with Gasteiger partial charge in [-0.2, -0.15) is 0 Å². The van der Waals surface area contributed by atoms with Gasteiger partial charge in [-0.25, -0.2) is 8.42 Å². The molecule has 0 radical (unpaired) electrons. The third-order valence-electron chi connectivity index (χ3n) is 5.54.